The Morgan fingerprint density at radius 1 is 1.21 bits per heavy atom. The van der Waals surface area contributed by atoms with Gasteiger partial charge in [-0.05, 0) is 64.7 Å². The highest BCUT2D eigenvalue weighted by Crippen LogP contribution is 2.36. The molecule has 0 bridgehead atoms. The predicted molar refractivity (Wildman–Crippen MR) is 73.9 cm³/mol. The maximum Gasteiger partial charge on any atom is 0.410 e. The molecular weight excluding hydrogens is 242 g/mol. The smallest absolute Gasteiger partial charge is 0.410 e. The van der Waals surface area contributed by atoms with Gasteiger partial charge < -0.3 is 14.7 Å². The highest BCUT2D eigenvalue weighted by atomic mass is 16.6. The van der Waals surface area contributed by atoms with E-state index in [4.69, 9.17) is 4.74 Å². The minimum absolute atomic E-state index is 0.130. The zero-order valence-corrected chi connectivity index (χ0v) is 12.4. The van der Waals surface area contributed by atoms with E-state index in [2.05, 4.69) is 0 Å². The lowest BCUT2D eigenvalue weighted by atomic mass is 9.76. The van der Waals surface area contributed by atoms with E-state index < -0.39 is 5.60 Å². The van der Waals surface area contributed by atoms with Gasteiger partial charge in [-0.15, -0.1) is 0 Å². The van der Waals surface area contributed by atoms with Crippen molar-refractivity contribution in [2.45, 2.75) is 64.6 Å². The Balaban J connectivity index is 1.95. The molecule has 1 amide bonds. The number of rotatable bonds is 0. The molecule has 2 rings (SSSR count). The Morgan fingerprint density at radius 2 is 1.95 bits per heavy atom. The van der Waals surface area contributed by atoms with Gasteiger partial charge in [0.1, 0.15) is 5.60 Å². The zero-order valence-electron chi connectivity index (χ0n) is 12.4. The number of amides is 1. The summed E-state index contributed by atoms with van der Waals surface area (Å²) in [6.45, 7) is 7.30. The number of fused-ring (bicyclic) bond motifs is 1. The second kappa shape index (κ2) is 5.70. The summed E-state index contributed by atoms with van der Waals surface area (Å²) in [7, 11) is 0. The number of aliphatic hydroxyl groups excluding tert-OH is 1. The molecule has 0 aromatic heterocycles. The molecule has 0 aromatic rings. The van der Waals surface area contributed by atoms with Crippen molar-refractivity contribution in [3.8, 4) is 0 Å². The number of carbonyl (C=O) groups is 1. The summed E-state index contributed by atoms with van der Waals surface area (Å²) in [5.41, 5.74) is -0.425. The molecule has 4 nitrogen and oxygen atoms in total. The predicted octanol–water partition coefficient (Wildman–Crippen LogP) is 2.79. The molecular formula is C15H27NO3. The molecule has 2 aliphatic rings. The van der Waals surface area contributed by atoms with Crippen molar-refractivity contribution < 1.29 is 14.6 Å². The first-order valence-corrected chi connectivity index (χ1v) is 7.51. The Morgan fingerprint density at radius 3 is 2.63 bits per heavy atom. The summed E-state index contributed by atoms with van der Waals surface area (Å²) < 4.78 is 5.47. The van der Waals surface area contributed by atoms with Crippen LogP contribution in [0.5, 0.6) is 0 Å². The summed E-state index contributed by atoms with van der Waals surface area (Å²) in [6, 6.07) is 0. The Hall–Kier alpha value is -0.770. The van der Waals surface area contributed by atoms with Crippen LogP contribution in [0.15, 0.2) is 0 Å². The maximum absolute atomic E-state index is 12.2. The van der Waals surface area contributed by atoms with Gasteiger partial charge in [0, 0.05) is 13.1 Å². The van der Waals surface area contributed by atoms with E-state index in [0.717, 1.165) is 45.2 Å². The van der Waals surface area contributed by atoms with E-state index in [1.807, 2.05) is 25.7 Å². The third-order valence-corrected chi connectivity index (χ3v) is 4.22. The molecule has 1 saturated heterocycles. The Labute approximate surface area is 116 Å². The van der Waals surface area contributed by atoms with Gasteiger partial charge >= 0.3 is 6.09 Å². The van der Waals surface area contributed by atoms with Crippen LogP contribution in [-0.2, 0) is 4.74 Å². The van der Waals surface area contributed by atoms with Gasteiger partial charge in [0.05, 0.1) is 6.10 Å². The van der Waals surface area contributed by atoms with E-state index >= 15 is 0 Å². The van der Waals surface area contributed by atoms with Gasteiger partial charge in [-0.1, -0.05) is 0 Å². The van der Waals surface area contributed by atoms with Crippen LogP contribution in [0.1, 0.15) is 52.9 Å². The fourth-order valence-electron chi connectivity index (χ4n) is 3.31. The highest BCUT2D eigenvalue weighted by molar-refractivity contribution is 5.68. The number of carbonyl (C=O) groups excluding carboxylic acids is 1. The molecule has 1 aliphatic carbocycles. The number of hydrogen-bond acceptors (Lipinski definition) is 3. The molecule has 1 aliphatic heterocycles. The molecule has 0 radical (unpaired) electrons. The third-order valence-electron chi connectivity index (χ3n) is 4.22. The first-order chi connectivity index (χ1) is 8.85. The standard InChI is InChI=1S/C15H27NO3/c1-15(2,3)19-14(18)16-8-4-5-11-9-13(17)7-6-12(11)10-16/h11-13,17H,4-10H2,1-3H3. The normalized spacial score (nSPS) is 32.4. The average Bonchev–Trinajstić information content (AvgIpc) is 2.48. The molecule has 110 valence electrons. The number of ether oxygens (including phenoxy) is 1. The minimum Gasteiger partial charge on any atom is -0.444 e. The van der Waals surface area contributed by atoms with E-state index in [9.17, 15) is 9.90 Å². The third kappa shape index (κ3) is 4.10. The van der Waals surface area contributed by atoms with E-state index in [-0.39, 0.29) is 12.2 Å². The topological polar surface area (TPSA) is 49.8 Å². The maximum atomic E-state index is 12.2. The van der Waals surface area contributed by atoms with Crippen molar-refractivity contribution in [3.05, 3.63) is 0 Å². The Bertz CT molecular complexity index is 324. The molecule has 4 heteroatoms. The number of nitrogens with zero attached hydrogens (tertiary/aromatic N) is 1. The van der Waals surface area contributed by atoms with Gasteiger partial charge in [-0.2, -0.15) is 0 Å². The van der Waals surface area contributed by atoms with E-state index in [1.165, 1.54) is 0 Å². The van der Waals surface area contributed by atoms with Crippen molar-refractivity contribution in [2.75, 3.05) is 13.1 Å². The van der Waals surface area contributed by atoms with Gasteiger partial charge in [0.15, 0.2) is 0 Å². The zero-order chi connectivity index (χ0) is 14.0. The second-order valence-corrected chi connectivity index (χ2v) is 7.06. The van der Waals surface area contributed by atoms with Crippen LogP contribution < -0.4 is 0 Å². The largest absolute Gasteiger partial charge is 0.444 e. The Kier molecular flexibility index (Phi) is 4.39. The number of likely N-dealkylation sites (tertiary alicyclic amines) is 1. The fourth-order valence-corrected chi connectivity index (χ4v) is 3.31. The average molecular weight is 269 g/mol. The van der Waals surface area contributed by atoms with Gasteiger partial charge in [-0.25, -0.2) is 4.79 Å². The number of hydrogen-bond donors (Lipinski definition) is 1. The van der Waals surface area contributed by atoms with Crippen molar-refractivity contribution >= 4 is 6.09 Å². The molecule has 3 unspecified atom stereocenters. The van der Waals surface area contributed by atoms with Gasteiger partial charge in [-0.3, -0.25) is 0 Å². The van der Waals surface area contributed by atoms with E-state index in [1.54, 1.807) is 0 Å². The fraction of sp³-hybridized carbons (Fsp3) is 0.933. The summed E-state index contributed by atoms with van der Waals surface area (Å²) >= 11 is 0. The SMILES string of the molecule is CC(C)(C)OC(=O)N1CCCC2CC(O)CCC2C1. The molecule has 1 heterocycles. The van der Waals surface area contributed by atoms with Crippen molar-refractivity contribution in [1.82, 2.24) is 4.90 Å². The lowest BCUT2D eigenvalue weighted by Crippen LogP contribution is -2.41. The summed E-state index contributed by atoms with van der Waals surface area (Å²) in [4.78, 5) is 14.0. The summed E-state index contributed by atoms with van der Waals surface area (Å²) in [5, 5.41) is 9.76. The molecule has 1 saturated carbocycles. The molecule has 2 fully saturated rings. The van der Waals surface area contributed by atoms with Crippen molar-refractivity contribution in [3.63, 3.8) is 0 Å². The lowest BCUT2D eigenvalue weighted by Gasteiger charge is -2.34. The van der Waals surface area contributed by atoms with Crippen LogP contribution in [0, 0.1) is 11.8 Å². The summed E-state index contributed by atoms with van der Waals surface area (Å²) in [6.07, 6.45) is 4.66. The van der Waals surface area contributed by atoms with Gasteiger partial charge in [0.2, 0.25) is 0 Å². The van der Waals surface area contributed by atoms with Crippen LogP contribution in [0.4, 0.5) is 4.79 Å². The number of aliphatic hydroxyl groups is 1. The quantitative estimate of drug-likeness (QED) is 0.735. The minimum atomic E-state index is -0.425. The van der Waals surface area contributed by atoms with Gasteiger partial charge in [0.25, 0.3) is 0 Å². The molecule has 0 aromatic carbocycles. The second-order valence-electron chi connectivity index (χ2n) is 7.06. The van der Waals surface area contributed by atoms with Crippen molar-refractivity contribution in [2.24, 2.45) is 11.8 Å². The summed E-state index contributed by atoms with van der Waals surface area (Å²) in [5.74, 6) is 1.12. The molecule has 1 N–H and O–H groups in total. The van der Waals surface area contributed by atoms with Crippen molar-refractivity contribution in [1.29, 1.82) is 0 Å². The highest BCUT2D eigenvalue weighted by Gasteiger charge is 2.35. The lowest BCUT2D eigenvalue weighted by molar-refractivity contribution is 0.0177. The molecule has 0 spiro atoms. The van der Waals surface area contributed by atoms with Crippen LogP contribution in [0.3, 0.4) is 0 Å². The van der Waals surface area contributed by atoms with Crippen LogP contribution in [-0.4, -0.2) is 40.9 Å². The molecule has 3 atom stereocenters. The van der Waals surface area contributed by atoms with Crippen LogP contribution in [0.2, 0.25) is 0 Å². The van der Waals surface area contributed by atoms with Crippen LogP contribution in [0.25, 0.3) is 0 Å². The first-order valence-electron chi connectivity index (χ1n) is 7.51. The van der Waals surface area contributed by atoms with E-state index in [0.29, 0.717) is 11.8 Å². The van der Waals surface area contributed by atoms with Crippen LogP contribution >= 0.6 is 0 Å². The monoisotopic (exact) mass is 269 g/mol. The molecule has 19 heavy (non-hydrogen) atoms. The first kappa shape index (κ1) is 14.6.